The van der Waals surface area contributed by atoms with Gasteiger partial charge in [0.05, 0.1) is 27.9 Å². The summed E-state index contributed by atoms with van der Waals surface area (Å²) in [5, 5.41) is 5.64. The van der Waals surface area contributed by atoms with Crippen molar-refractivity contribution >= 4 is 40.7 Å². The number of morpholine rings is 1. The van der Waals surface area contributed by atoms with Crippen molar-refractivity contribution in [3.05, 3.63) is 63.5 Å². The summed E-state index contributed by atoms with van der Waals surface area (Å²) in [6.07, 6.45) is 3.24. The van der Waals surface area contributed by atoms with Crippen LogP contribution in [0.3, 0.4) is 0 Å². The van der Waals surface area contributed by atoms with Gasteiger partial charge >= 0.3 is 0 Å². The summed E-state index contributed by atoms with van der Waals surface area (Å²) in [5.41, 5.74) is 2.11. The number of hydrogen-bond donors (Lipinski definition) is 0. The van der Waals surface area contributed by atoms with Gasteiger partial charge in [-0.3, -0.25) is 9.78 Å². The fourth-order valence-corrected chi connectivity index (χ4v) is 4.58. The Balaban J connectivity index is 1.85. The Bertz CT molecular complexity index is 1050. The van der Waals surface area contributed by atoms with Gasteiger partial charge in [0.2, 0.25) is 0 Å². The normalized spacial score (nSPS) is 19.2. The first kappa shape index (κ1) is 21.1. The van der Waals surface area contributed by atoms with E-state index in [0.717, 1.165) is 5.56 Å². The van der Waals surface area contributed by atoms with Gasteiger partial charge in [-0.25, -0.2) is 4.68 Å². The molecule has 1 saturated heterocycles. The Kier molecular flexibility index (Phi) is 6.02. The van der Waals surface area contributed by atoms with E-state index < -0.39 is 0 Å². The second-order valence-corrected chi connectivity index (χ2v) is 8.50. The number of carbonyl (C=O) groups is 1. The zero-order valence-corrected chi connectivity index (χ0v) is 18.6. The average molecular weight is 466 g/mol. The van der Waals surface area contributed by atoms with Crippen LogP contribution in [0.2, 0.25) is 15.1 Å². The lowest BCUT2D eigenvalue weighted by molar-refractivity contribution is -0.0588. The molecule has 0 unspecified atom stereocenters. The van der Waals surface area contributed by atoms with Crippen molar-refractivity contribution in [1.29, 1.82) is 0 Å². The Morgan fingerprint density at radius 1 is 1.10 bits per heavy atom. The van der Waals surface area contributed by atoms with Gasteiger partial charge in [-0.2, -0.15) is 5.10 Å². The molecule has 1 aliphatic rings. The summed E-state index contributed by atoms with van der Waals surface area (Å²) in [4.78, 5) is 19.4. The van der Waals surface area contributed by atoms with E-state index in [4.69, 9.17) is 39.5 Å². The molecule has 156 valence electrons. The van der Waals surface area contributed by atoms with E-state index in [1.54, 1.807) is 35.5 Å². The molecular formula is C21H19Cl3N4O2. The van der Waals surface area contributed by atoms with Crippen LogP contribution in [0.1, 0.15) is 24.3 Å². The summed E-state index contributed by atoms with van der Waals surface area (Å²) in [6.45, 7) is 4.86. The van der Waals surface area contributed by atoms with Gasteiger partial charge in [-0.15, -0.1) is 0 Å². The van der Waals surface area contributed by atoms with Crippen LogP contribution in [0.4, 0.5) is 0 Å². The van der Waals surface area contributed by atoms with Crippen molar-refractivity contribution < 1.29 is 9.53 Å². The first-order valence-corrected chi connectivity index (χ1v) is 10.6. The molecular weight excluding hydrogens is 447 g/mol. The molecule has 3 aromatic rings. The Hall–Kier alpha value is -2.12. The first-order chi connectivity index (χ1) is 14.3. The molecule has 1 aliphatic heterocycles. The predicted molar refractivity (Wildman–Crippen MR) is 118 cm³/mol. The van der Waals surface area contributed by atoms with Gasteiger partial charge in [0.1, 0.15) is 11.4 Å². The van der Waals surface area contributed by atoms with Crippen LogP contribution in [0.15, 0.2) is 42.7 Å². The number of pyridine rings is 1. The van der Waals surface area contributed by atoms with Gasteiger partial charge in [0, 0.05) is 36.1 Å². The Morgan fingerprint density at radius 2 is 1.77 bits per heavy atom. The minimum absolute atomic E-state index is 0.0606. The van der Waals surface area contributed by atoms with E-state index in [1.165, 1.54) is 4.68 Å². The molecule has 1 amide bonds. The Labute approximate surface area is 189 Å². The second-order valence-electron chi connectivity index (χ2n) is 7.25. The standard InChI is InChI=1S/C21H19Cl3N4O2/c1-12-10-27(11-13(2)30-12)21(29)19-8-18(14-4-3-5-25-9-14)26-28(19)20-16(23)6-15(22)7-17(20)24/h3-9,12-13H,10-11H2,1-2H3/t12-,13-/m1/s1. The number of rotatable bonds is 3. The summed E-state index contributed by atoms with van der Waals surface area (Å²) < 4.78 is 7.24. The number of benzene rings is 1. The molecule has 4 rings (SSSR count). The third-order valence-electron chi connectivity index (χ3n) is 4.79. The summed E-state index contributed by atoms with van der Waals surface area (Å²) >= 11 is 19.0. The zero-order chi connectivity index (χ0) is 21.4. The van der Waals surface area contributed by atoms with Crippen molar-refractivity contribution in [2.24, 2.45) is 0 Å². The molecule has 2 atom stereocenters. The van der Waals surface area contributed by atoms with Crippen LogP contribution in [-0.4, -0.2) is 50.9 Å². The van der Waals surface area contributed by atoms with Crippen molar-refractivity contribution in [3.63, 3.8) is 0 Å². The zero-order valence-electron chi connectivity index (χ0n) is 16.3. The van der Waals surface area contributed by atoms with E-state index >= 15 is 0 Å². The highest BCUT2D eigenvalue weighted by Crippen LogP contribution is 2.34. The first-order valence-electron chi connectivity index (χ1n) is 9.43. The average Bonchev–Trinajstić information content (AvgIpc) is 3.11. The van der Waals surface area contributed by atoms with E-state index in [2.05, 4.69) is 10.1 Å². The molecule has 0 aliphatic carbocycles. The molecule has 30 heavy (non-hydrogen) atoms. The van der Waals surface area contributed by atoms with Crippen molar-refractivity contribution in [2.75, 3.05) is 13.1 Å². The summed E-state index contributed by atoms with van der Waals surface area (Å²) in [6, 6.07) is 8.55. The SMILES string of the molecule is C[C@@H]1CN(C(=O)c2cc(-c3cccnc3)nn2-c2c(Cl)cc(Cl)cc2Cl)C[C@@H](C)O1. The lowest BCUT2D eigenvalue weighted by Crippen LogP contribution is -2.48. The highest BCUT2D eigenvalue weighted by molar-refractivity contribution is 6.40. The lowest BCUT2D eigenvalue weighted by atomic mass is 10.2. The van der Waals surface area contributed by atoms with Crippen molar-refractivity contribution in [3.8, 4) is 16.9 Å². The molecule has 0 radical (unpaired) electrons. The van der Waals surface area contributed by atoms with Crippen LogP contribution in [0.25, 0.3) is 16.9 Å². The van der Waals surface area contributed by atoms with Crippen LogP contribution < -0.4 is 0 Å². The molecule has 1 fully saturated rings. The molecule has 9 heteroatoms. The van der Waals surface area contributed by atoms with Gasteiger partial charge in [-0.1, -0.05) is 34.8 Å². The number of hydrogen-bond acceptors (Lipinski definition) is 4. The van der Waals surface area contributed by atoms with Crippen molar-refractivity contribution in [1.82, 2.24) is 19.7 Å². The number of aromatic nitrogens is 3. The molecule has 3 heterocycles. The minimum atomic E-state index is -0.179. The van der Waals surface area contributed by atoms with E-state index in [9.17, 15) is 4.79 Å². The third-order valence-corrected chi connectivity index (χ3v) is 5.58. The van der Waals surface area contributed by atoms with E-state index in [0.29, 0.717) is 45.2 Å². The highest BCUT2D eigenvalue weighted by Gasteiger charge is 2.30. The van der Waals surface area contributed by atoms with E-state index in [1.807, 2.05) is 26.0 Å². The third kappa shape index (κ3) is 4.18. The number of ether oxygens (including phenoxy) is 1. The van der Waals surface area contributed by atoms with Gasteiger partial charge < -0.3 is 9.64 Å². The maximum Gasteiger partial charge on any atom is 0.272 e. The van der Waals surface area contributed by atoms with Crippen LogP contribution in [0, 0.1) is 0 Å². The summed E-state index contributed by atoms with van der Waals surface area (Å²) in [7, 11) is 0. The highest BCUT2D eigenvalue weighted by atomic mass is 35.5. The van der Waals surface area contributed by atoms with E-state index in [-0.39, 0.29) is 18.1 Å². The number of nitrogens with zero attached hydrogens (tertiary/aromatic N) is 4. The van der Waals surface area contributed by atoms with Crippen LogP contribution in [0.5, 0.6) is 0 Å². The topological polar surface area (TPSA) is 60.2 Å². The predicted octanol–water partition coefficient (Wildman–Crippen LogP) is 5.14. The maximum atomic E-state index is 13.5. The number of halogens is 3. The van der Waals surface area contributed by atoms with Gasteiger partial charge in [0.25, 0.3) is 5.91 Å². The number of amides is 1. The van der Waals surface area contributed by atoms with Crippen LogP contribution in [-0.2, 0) is 4.74 Å². The van der Waals surface area contributed by atoms with Crippen molar-refractivity contribution in [2.45, 2.75) is 26.1 Å². The fourth-order valence-electron chi connectivity index (χ4n) is 3.60. The molecule has 0 N–H and O–H groups in total. The quantitative estimate of drug-likeness (QED) is 0.537. The fraction of sp³-hybridized carbons (Fsp3) is 0.286. The molecule has 0 bridgehead atoms. The summed E-state index contributed by atoms with van der Waals surface area (Å²) in [5.74, 6) is -0.179. The molecule has 2 aromatic heterocycles. The van der Waals surface area contributed by atoms with Gasteiger partial charge in [0.15, 0.2) is 0 Å². The monoisotopic (exact) mass is 464 g/mol. The lowest BCUT2D eigenvalue weighted by Gasteiger charge is -2.35. The molecule has 0 saturated carbocycles. The van der Waals surface area contributed by atoms with Gasteiger partial charge in [-0.05, 0) is 44.2 Å². The maximum absolute atomic E-state index is 13.5. The minimum Gasteiger partial charge on any atom is -0.372 e. The second kappa shape index (κ2) is 8.55. The molecule has 0 spiro atoms. The Morgan fingerprint density at radius 3 is 2.37 bits per heavy atom. The smallest absolute Gasteiger partial charge is 0.272 e. The largest absolute Gasteiger partial charge is 0.372 e. The number of carbonyl (C=O) groups excluding carboxylic acids is 1. The van der Waals surface area contributed by atoms with Crippen LogP contribution >= 0.6 is 34.8 Å². The molecule has 1 aromatic carbocycles. The molecule has 6 nitrogen and oxygen atoms in total.